The van der Waals surface area contributed by atoms with E-state index in [2.05, 4.69) is 5.32 Å². The second kappa shape index (κ2) is 4.35. The van der Waals surface area contributed by atoms with Crippen LogP contribution in [0.25, 0.3) is 0 Å². The lowest BCUT2D eigenvalue weighted by molar-refractivity contribution is -0.125. The molecule has 0 radical (unpaired) electrons. The average Bonchev–Trinajstić information content (AvgIpc) is 3.11. The van der Waals surface area contributed by atoms with Crippen LogP contribution in [-0.4, -0.2) is 23.2 Å². The molecule has 1 fully saturated rings. The molecule has 0 heterocycles. The molecule has 0 aliphatic heterocycles. The summed E-state index contributed by atoms with van der Waals surface area (Å²) in [6, 6.07) is 6.07. The van der Waals surface area contributed by atoms with Crippen molar-refractivity contribution in [3.63, 3.8) is 0 Å². The summed E-state index contributed by atoms with van der Waals surface area (Å²) in [7, 11) is 0. The number of aliphatic hydroxyl groups is 1. The van der Waals surface area contributed by atoms with Crippen LogP contribution in [0.3, 0.4) is 0 Å². The van der Waals surface area contributed by atoms with E-state index in [9.17, 15) is 14.3 Å². The number of rotatable bonds is 4. The van der Waals surface area contributed by atoms with E-state index >= 15 is 0 Å². The van der Waals surface area contributed by atoms with Gasteiger partial charge in [0, 0.05) is 0 Å². The largest absolute Gasteiger partial charge is 0.394 e. The molecule has 2 N–H and O–H groups in total. The molecule has 0 bridgehead atoms. The smallest absolute Gasteiger partial charge is 0.231 e. The van der Waals surface area contributed by atoms with Gasteiger partial charge in [-0.2, -0.15) is 0 Å². The first kappa shape index (κ1) is 13.0. The predicted molar refractivity (Wildman–Crippen MR) is 66.6 cm³/mol. The maximum atomic E-state index is 12.9. The zero-order valence-corrected chi connectivity index (χ0v) is 10.7. The number of hydrogen-bond donors (Lipinski definition) is 2. The van der Waals surface area contributed by atoms with Crippen molar-refractivity contribution in [1.82, 2.24) is 5.32 Å². The van der Waals surface area contributed by atoms with E-state index in [4.69, 9.17) is 0 Å². The summed E-state index contributed by atoms with van der Waals surface area (Å²) in [6.45, 7) is 3.43. The van der Waals surface area contributed by atoms with Crippen molar-refractivity contribution in [2.75, 3.05) is 6.61 Å². The predicted octanol–water partition coefficient (Wildman–Crippen LogP) is 1.74. The van der Waals surface area contributed by atoms with Gasteiger partial charge in [-0.15, -0.1) is 0 Å². The highest BCUT2D eigenvalue weighted by atomic mass is 19.1. The molecule has 1 aliphatic carbocycles. The van der Waals surface area contributed by atoms with E-state index in [0.29, 0.717) is 0 Å². The van der Waals surface area contributed by atoms with E-state index in [1.165, 1.54) is 12.1 Å². The van der Waals surface area contributed by atoms with Gasteiger partial charge in [0.2, 0.25) is 5.91 Å². The van der Waals surface area contributed by atoms with Crippen molar-refractivity contribution < 1.29 is 14.3 Å². The molecule has 0 spiro atoms. The molecule has 4 heteroatoms. The molecule has 1 saturated carbocycles. The topological polar surface area (TPSA) is 49.3 Å². The number of amides is 1. The summed E-state index contributed by atoms with van der Waals surface area (Å²) in [5, 5.41) is 12.0. The maximum absolute atomic E-state index is 12.9. The Bertz CT molecular complexity index is 449. The van der Waals surface area contributed by atoms with Crippen LogP contribution in [-0.2, 0) is 10.2 Å². The van der Waals surface area contributed by atoms with E-state index in [0.717, 1.165) is 18.4 Å². The highest BCUT2D eigenvalue weighted by Gasteiger charge is 2.52. The first-order valence-electron chi connectivity index (χ1n) is 6.09. The third-order valence-electron chi connectivity index (χ3n) is 3.43. The summed E-state index contributed by atoms with van der Waals surface area (Å²) in [5.41, 5.74) is -0.317. The number of benzene rings is 1. The normalized spacial score (nSPS) is 17.3. The van der Waals surface area contributed by atoms with Gasteiger partial charge in [-0.1, -0.05) is 12.1 Å². The van der Waals surface area contributed by atoms with Crippen molar-refractivity contribution in [2.24, 2.45) is 0 Å². The van der Waals surface area contributed by atoms with Gasteiger partial charge in [0.1, 0.15) is 5.82 Å². The fourth-order valence-electron chi connectivity index (χ4n) is 2.01. The molecule has 0 aromatic heterocycles. The van der Waals surface area contributed by atoms with Crippen LogP contribution in [0.15, 0.2) is 24.3 Å². The van der Waals surface area contributed by atoms with Gasteiger partial charge in [-0.05, 0) is 44.4 Å². The first-order chi connectivity index (χ1) is 8.39. The summed E-state index contributed by atoms with van der Waals surface area (Å²) in [6.07, 6.45) is 1.54. The van der Waals surface area contributed by atoms with Gasteiger partial charge < -0.3 is 10.4 Å². The zero-order valence-electron chi connectivity index (χ0n) is 10.7. The monoisotopic (exact) mass is 251 g/mol. The minimum atomic E-state index is -0.632. The minimum Gasteiger partial charge on any atom is -0.394 e. The highest BCUT2D eigenvalue weighted by Crippen LogP contribution is 2.48. The van der Waals surface area contributed by atoms with E-state index in [1.54, 1.807) is 26.0 Å². The molecule has 0 saturated heterocycles. The number of hydrogen-bond acceptors (Lipinski definition) is 2. The first-order valence-corrected chi connectivity index (χ1v) is 6.09. The van der Waals surface area contributed by atoms with Crippen molar-refractivity contribution in [1.29, 1.82) is 0 Å². The van der Waals surface area contributed by atoms with Crippen LogP contribution < -0.4 is 5.32 Å². The number of halogens is 1. The molecule has 0 atom stereocenters. The molecule has 1 amide bonds. The Morgan fingerprint density at radius 1 is 1.39 bits per heavy atom. The van der Waals surface area contributed by atoms with Crippen molar-refractivity contribution in [3.8, 4) is 0 Å². The average molecular weight is 251 g/mol. The van der Waals surface area contributed by atoms with Gasteiger partial charge in [0.05, 0.1) is 17.6 Å². The molecule has 0 unspecified atom stereocenters. The standard InChI is InChI=1S/C14H18FNO2/c1-13(2,9-17)16-12(18)14(7-8-14)10-3-5-11(15)6-4-10/h3-6,17H,7-9H2,1-2H3,(H,16,18). The molecule has 18 heavy (non-hydrogen) atoms. The van der Waals surface area contributed by atoms with Gasteiger partial charge in [-0.3, -0.25) is 4.79 Å². The van der Waals surface area contributed by atoms with Crippen LogP contribution in [0.2, 0.25) is 0 Å². The van der Waals surface area contributed by atoms with Crippen LogP contribution in [0, 0.1) is 5.82 Å². The molecule has 1 aromatic rings. The number of carbonyl (C=O) groups is 1. The van der Waals surface area contributed by atoms with Crippen LogP contribution in [0.1, 0.15) is 32.3 Å². The van der Waals surface area contributed by atoms with Gasteiger partial charge in [0.25, 0.3) is 0 Å². The maximum Gasteiger partial charge on any atom is 0.231 e. The van der Waals surface area contributed by atoms with E-state index in [-0.39, 0.29) is 18.3 Å². The fraction of sp³-hybridized carbons (Fsp3) is 0.500. The summed E-state index contributed by atoms with van der Waals surface area (Å²) < 4.78 is 12.9. The van der Waals surface area contributed by atoms with E-state index in [1.807, 2.05) is 0 Å². The fourth-order valence-corrected chi connectivity index (χ4v) is 2.01. The third-order valence-corrected chi connectivity index (χ3v) is 3.43. The number of nitrogens with one attached hydrogen (secondary N) is 1. The van der Waals surface area contributed by atoms with Crippen LogP contribution >= 0.6 is 0 Å². The van der Waals surface area contributed by atoms with Crippen molar-refractivity contribution in [2.45, 2.75) is 37.6 Å². The quantitative estimate of drug-likeness (QED) is 0.856. The van der Waals surface area contributed by atoms with Gasteiger partial charge >= 0.3 is 0 Å². The van der Waals surface area contributed by atoms with Gasteiger partial charge in [0.15, 0.2) is 0 Å². The Morgan fingerprint density at radius 3 is 2.39 bits per heavy atom. The lowest BCUT2D eigenvalue weighted by atomic mass is 9.93. The summed E-state index contributed by atoms with van der Waals surface area (Å²) in [5.74, 6) is -0.390. The Labute approximate surface area is 106 Å². The highest BCUT2D eigenvalue weighted by molar-refractivity contribution is 5.91. The number of aliphatic hydroxyl groups excluding tert-OH is 1. The third kappa shape index (κ3) is 2.38. The van der Waals surface area contributed by atoms with Crippen LogP contribution in [0.5, 0.6) is 0 Å². The Hall–Kier alpha value is -1.42. The lowest BCUT2D eigenvalue weighted by Crippen LogP contribution is -2.50. The molecule has 98 valence electrons. The second-order valence-electron chi connectivity index (χ2n) is 5.59. The van der Waals surface area contributed by atoms with Gasteiger partial charge in [-0.25, -0.2) is 4.39 Å². The summed E-state index contributed by atoms with van der Waals surface area (Å²) >= 11 is 0. The molecular formula is C14H18FNO2. The minimum absolute atomic E-state index is 0.0897. The van der Waals surface area contributed by atoms with Crippen molar-refractivity contribution >= 4 is 5.91 Å². The van der Waals surface area contributed by atoms with Crippen molar-refractivity contribution in [3.05, 3.63) is 35.6 Å². The summed E-state index contributed by atoms with van der Waals surface area (Å²) in [4.78, 5) is 12.3. The van der Waals surface area contributed by atoms with Crippen LogP contribution in [0.4, 0.5) is 4.39 Å². The Kier molecular flexibility index (Phi) is 3.15. The molecule has 2 rings (SSSR count). The molecular weight excluding hydrogens is 233 g/mol. The SMILES string of the molecule is CC(C)(CO)NC(=O)C1(c2ccc(F)cc2)CC1. The molecule has 1 aliphatic rings. The zero-order chi connectivity index (χ0) is 13.4. The molecule has 1 aromatic carbocycles. The van der Waals surface area contributed by atoms with E-state index < -0.39 is 11.0 Å². The lowest BCUT2D eigenvalue weighted by Gasteiger charge is -2.27. The molecule has 3 nitrogen and oxygen atoms in total. The Balaban J connectivity index is 2.17. The Morgan fingerprint density at radius 2 is 1.94 bits per heavy atom. The number of carbonyl (C=O) groups excluding carboxylic acids is 1. The second-order valence-corrected chi connectivity index (χ2v) is 5.59.